The molecule has 0 aromatic rings. The van der Waals surface area contributed by atoms with Crippen molar-refractivity contribution >= 4 is 5.92 Å². The van der Waals surface area contributed by atoms with Crippen LogP contribution in [0.15, 0.2) is 0 Å². The number of hydrogen-bond donors (Lipinski definition) is 0. The molecule has 0 heterocycles. The maximum absolute atomic E-state index is 2.35. The van der Waals surface area contributed by atoms with Gasteiger partial charge in [0.1, 0.15) is 0 Å². The van der Waals surface area contributed by atoms with E-state index in [0.29, 0.717) is 0 Å². The Hall–Kier alpha value is 1.10. The summed E-state index contributed by atoms with van der Waals surface area (Å²) in [5, 5.41) is 0. The van der Waals surface area contributed by atoms with Gasteiger partial charge in [-0.2, -0.15) is 0 Å². The Balaban J connectivity index is 2.32. The minimum absolute atomic E-state index is 0.0489. The second kappa shape index (κ2) is 2.34. The van der Waals surface area contributed by atoms with Gasteiger partial charge in [-0.15, -0.1) is 0 Å². The first-order valence-corrected chi connectivity index (χ1v) is 8.59. The van der Waals surface area contributed by atoms with E-state index in [2.05, 4.69) is 13.1 Å². The van der Waals surface area contributed by atoms with Crippen molar-refractivity contribution in [2.75, 3.05) is 0 Å². The van der Waals surface area contributed by atoms with E-state index in [1.54, 1.807) is 23.9 Å². The standard InChI is InChI=1S/C2H7Si.Zr/c1-3-2;/h3H,1-2H3;. The molecule has 0 aromatic heterocycles. The maximum atomic E-state index is 2.35. The first-order chi connectivity index (χ1) is 1.73. The molecule has 0 fully saturated rings. The molecule has 0 spiro atoms. The van der Waals surface area contributed by atoms with Crippen molar-refractivity contribution in [3.8, 4) is 0 Å². The predicted octanol–water partition coefficient (Wildman–Crippen LogP) is 0.517. The molecule has 0 radical (unpaired) electrons. The monoisotopic (exact) mass is 149 g/mol. The van der Waals surface area contributed by atoms with Crippen molar-refractivity contribution in [2.24, 2.45) is 0 Å². The first-order valence-electron chi connectivity index (χ1n) is 1.44. The normalized spacial score (nSPS) is 8.50. The summed E-state index contributed by atoms with van der Waals surface area (Å²) in [5.74, 6) is -0.0489. The summed E-state index contributed by atoms with van der Waals surface area (Å²) in [7, 11) is 0. The Morgan fingerprint density at radius 3 is 1.50 bits per heavy atom. The van der Waals surface area contributed by atoms with Crippen molar-refractivity contribution in [3.63, 3.8) is 0 Å². The van der Waals surface area contributed by atoms with Crippen LogP contribution in [0, 0.1) is 0 Å². The Morgan fingerprint density at radius 1 is 1.50 bits per heavy atom. The third-order valence-electron chi connectivity index (χ3n) is 0. The van der Waals surface area contributed by atoms with E-state index >= 15 is 0 Å². The zero-order chi connectivity index (χ0) is 3.58. The van der Waals surface area contributed by atoms with Crippen LogP contribution in [-0.4, -0.2) is 5.92 Å². The van der Waals surface area contributed by atoms with Crippen LogP contribution in [0.1, 0.15) is 0 Å². The fourth-order valence-corrected chi connectivity index (χ4v) is 0. The summed E-state index contributed by atoms with van der Waals surface area (Å²) < 4.78 is 0. The molecule has 0 aromatic carbocycles. The molecule has 0 saturated heterocycles. The first kappa shape index (κ1) is 5.10. The van der Waals surface area contributed by atoms with Gasteiger partial charge in [0, 0.05) is 0 Å². The Labute approximate surface area is 43.0 Å². The summed E-state index contributed by atoms with van der Waals surface area (Å²) >= 11 is 1.78. The molecule has 0 unspecified atom stereocenters. The minimum atomic E-state index is -0.0489. The molecule has 0 bridgehead atoms. The number of hydrogen-bond acceptors (Lipinski definition) is 0. The van der Waals surface area contributed by atoms with Crippen LogP contribution in [0.25, 0.3) is 0 Å². The third-order valence-corrected chi connectivity index (χ3v) is 0. The summed E-state index contributed by atoms with van der Waals surface area (Å²) in [4.78, 5) is 0. The Morgan fingerprint density at radius 2 is 1.50 bits per heavy atom. The second-order valence-electron chi connectivity index (χ2n) is 1.15. The van der Waals surface area contributed by atoms with E-state index in [1.807, 2.05) is 0 Å². The van der Waals surface area contributed by atoms with Crippen LogP contribution in [0.5, 0.6) is 0 Å². The molecule has 0 aliphatic rings. The molecule has 23 valence electrons. The second-order valence-corrected chi connectivity index (χ2v) is 12.0. The van der Waals surface area contributed by atoms with Gasteiger partial charge >= 0.3 is 42.9 Å². The fourth-order valence-electron chi connectivity index (χ4n) is 0. The molecule has 0 aliphatic carbocycles. The quantitative estimate of drug-likeness (QED) is 0.442. The fraction of sp³-hybridized carbons (Fsp3) is 1.00. The van der Waals surface area contributed by atoms with Crippen LogP contribution in [0.4, 0.5) is 0 Å². The Kier molecular flexibility index (Phi) is 2.99. The van der Waals surface area contributed by atoms with Crippen LogP contribution in [0.2, 0.25) is 13.1 Å². The van der Waals surface area contributed by atoms with E-state index < -0.39 is 0 Å². The van der Waals surface area contributed by atoms with Gasteiger partial charge in [-0.25, -0.2) is 0 Å². The van der Waals surface area contributed by atoms with E-state index in [4.69, 9.17) is 0 Å². The average molecular weight is 150 g/mol. The molecule has 0 nitrogen and oxygen atoms in total. The van der Waals surface area contributed by atoms with Crippen molar-refractivity contribution in [3.05, 3.63) is 0 Å². The third kappa shape index (κ3) is 11.3. The van der Waals surface area contributed by atoms with Gasteiger partial charge in [-0.3, -0.25) is 0 Å². The van der Waals surface area contributed by atoms with Gasteiger partial charge in [0.05, 0.1) is 0 Å². The van der Waals surface area contributed by atoms with E-state index in [1.165, 1.54) is 0 Å². The van der Waals surface area contributed by atoms with Gasteiger partial charge in [0.25, 0.3) is 0 Å². The van der Waals surface area contributed by atoms with Gasteiger partial charge in [-0.1, -0.05) is 0 Å². The average Bonchev–Trinajstić information content (AvgIpc) is 0.811. The van der Waals surface area contributed by atoms with Crippen molar-refractivity contribution in [1.82, 2.24) is 0 Å². The van der Waals surface area contributed by atoms with Crippen molar-refractivity contribution in [2.45, 2.75) is 13.1 Å². The van der Waals surface area contributed by atoms with E-state index in [0.717, 1.165) is 0 Å². The summed E-state index contributed by atoms with van der Waals surface area (Å²) in [6.07, 6.45) is 0. The number of rotatable bonds is 0. The molecule has 0 atom stereocenters. The predicted molar refractivity (Wildman–Crippen MR) is 18.9 cm³/mol. The van der Waals surface area contributed by atoms with Gasteiger partial charge in [0.2, 0.25) is 0 Å². The Bertz CT molecular complexity index is 10.8. The van der Waals surface area contributed by atoms with E-state index in [-0.39, 0.29) is 5.92 Å². The van der Waals surface area contributed by atoms with Crippen molar-refractivity contribution in [1.29, 1.82) is 0 Å². The SMILES string of the molecule is C[SiH](C)[Zr]. The molecule has 2 heteroatoms. The van der Waals surface area contributed by atoms with Crippen LogP contribution >= 0.6 is 0 Å². The van der Waals surface area contributed by atoms with Crippen molar-refractivity contribution < 1.29 is 23.9 Å². The molecular weight excluding hydrogens is 143 g/mol. The van der Waals surface area contributed by atoms with Crippen LogP contribution < -0.4 is 0 Å². The topological polar surface area (TPSA) is 0 Å². The zero-order valence-corrected chi connectivity index (χ0v) is 6.69. The summed E-state index contributed by atoms with van der Waals surface area (Å²) in [6, 6.07) is 0. The van der Waals surface area contributed by atoms with E-state index in [9.17, 15) is 0 Å². The molecule has 0 rings (SSSR count). The molecule has 0 N–H and O–H groups in total. The molecule has 0 aliphatic heterocycles. The molecular formula is C2H7SiZr. The molecule has 0 saturated carbocycles. The van der Waals surface area contributed by atoms with Crippen LogP contribution in [-0.2, 0) is 23.9 Å². The zero-order valence-electron chi connectivity index (χ0n) is 3.08. The molecule has 4 heavy (non-hydrogen) atoms. The molecule has 0 amide bonds. The summed E-state index contributed by atoms with van der Waals surface area (Å²) in [6.45, 7) is 4.69. The van der Waals surface area contributed by atoms with Crippen LogP contribution in [0.3, 0.4) is 0 Å². The van der Waals surface area contributed by atoms with Gasteiger partial charge in [0.15, 0.2) is 0 Å². The van der Waals surface area contributed by atoms with Gasteiger partial charge < -0.3 is 0 Å². The van der Waals surface area contributed by atoms with Gasteiger partial charge in [-0.05, 0) is 0 Å². The summed E-state index contributed by atoms with van der Waals surface area (Å²) in [5.41, 5.74) is 0.